The summed E-state index contributed by atoms with van der Waals surface area (Å²) in [5, 5.41) is 7.49. The molecule has 0 spiro atoms. The molecule has 0 bridgehead atoms. The minimum atomic E-state index is 0.196. The molecule has 2 rings (SSSR count). The summed E-state index contributed by atoms with van der Waals surface area (Å²) in [6.45, 7) is 0. The average molecular weight is 262 g/mol. The Bertz CT molecular complexity index is 584. The first kappa shape index (κ1) is 12.3. The lowest BCUT2D eigenvalue weighted by Gasteiger charge is -2.19. The number of nitrogen functional groups attached to an aromatic ring is 1. The van der Waals surface area contributed by atoms with Crippen LogP contribution in [-0.2, 0) is 0 Å². The van der Waals surface area contributed by atoms with Gasteiger partial charge in [0, 0.05) is 36.4 Å². The molecular formula is C12H12ClN5. The van der Waals surface area contributed by atoms with E-state index < -0.39 is 0 Å². The van der Waals surface area contributed by atoms with E-state index in [0.717, 1.165) is 5.69 Å². The second-order valence-corrected chi connectivity index (χ2v) is 4.04. The van der Waals surface area contributed by atoms with E-state index in [-0.39, 0.29) is 5.28 Å². The molecule has 0 unspecified atom stereocenters. The zero-order valence-corrected chi connectivity index (χ0v) is 10.5. The van der Waals surface area contributed by atoms with Crippen LogP contribution in [-0.4, -0.2) is 23.2 Å². The Hall–Kier alpha value is -2.14. The Morgan fingerprint density at radius 2 is 2.17 bits per heavy atom. The Labute approximate surface area is 110 Å². The molecule has 0 aliphatic heterocycles. The van der Waals surface area contributed by atoms with Crippen LogP contribution < -0.4 is 10.6 Å². The number of aromatic nitrogens is 2. The van der Waals surface area contributed by atoms with Gasteiger partial charge in [0.2, 0.25) is 5.28 Å². The Morgan fingerprint density at radius 1 is 1.39 bits per heavy atom. The van der Waals surface area contributed by atoms with Crippen molar-refractivity contribution < 1.29 is 0 Å². The van der Waals surface area contributed by atoms with E-state index in [1.54, 1.807) is 18.3 Å². The van der Waals surface area contributed by atoms with Crippen LogP contribution in [0.15, 0.2) is 30.5 Å². The monoisotopic (exact) mass is 261 g/mol. The molecular weight excluding hydrogens is 250 g/mol. The SMILES string of the molecule is CN(c1ccc(N)c(C=N)c1)c1ccnc(Cl)n1. The van der Waals surface area contributed by atoms with Crippen LogP contribution in [0.4, 0.5) is 17.2 Å². The maximum absolute atomic E-state index is 7.29. The van der Waals surface area contributed by atoms with Gasteiger partial charge in [0.25, 0.3) is 0 Å². The number of benzene rings is 1. The molecule has 92 valence electrons. The molecule has 3 N–H and O–H groups in total. The third-order valence-corrected chi connectivity index (χ3v) is 2.75. The quantitative estimate of drug-likeness (QED) is 0.505. The Morgan fingerprint density at radius 3 is 2.83 bits per heavy atom. The van der Waals surface area contributed by atoms with Crippen molar-refractivity contribution in [3.8, 4) is 0 Å². The first-order valence-corrected chi connectivity index (χ1v) is 5.62. The van der Waals surface area contributed by atoms with Crippen molar-refractivity contribution in [2.24, 2.45) is 0 Å². The largest absolute Gasteiger partial charge is 0.398 e. The van der Waals surface area contributed by atoms with Crippen LogP contribution in [0.1, 0.15) is 5.56 Å². The molecule has 1 aromatic carbocycles. The van der Waals surface area contributed by atoms with E-state index >= 15 is 0 Å². The molecule has 0 atom stereocenters. The van der Waals surface area contributed by atoms with Gasteiger partial charge < -0.3 is 16.0 Å². The molecule has 5 nitrogen and oxygen atoms in total. The standard InChI is InChI=1S/C12H12ClN5/c1-18(11-4-5-16-12(13)17-11)9-2-3-10(15)8(6-9)7-14/h2-7,14H,15H2,1H3. The van der Waals surface area contributed by atoms with Crippen molar-refractivity contribution in [3.05, 3.63) is 41.3 Å². The van der Waals surface area contributed by atoms with Crippen molar-refractivity contribution in [2.75, 3.05) is 17.7 Å². The highest BCUT2D eigenvalue weighted by molar-refractivity contribution is 6.28. The van der Waals surface area contributed by atoms with Gasteiger partial charge in [-0.2, -0.15) is 0 Å². The number of hydrogen-bond acceptors (Lipinski definition) is 5. The van der Waals surface area contributed by atoms with Crippen LogP contribution in [0.5, 0.6) is 0 Å². The lowest BCUT2D eigenvalue weighted by Crippen LogP contribution is -2.12. The number of nitrogens with zero attached hydrogens (tertiary/aromatic N) is 3. The predicted molar refractivity (Wildman–Crippen MR) is 73.8 cm³/mol. The van der Waals surface area contributed by atoms with E-state index in [1.807, 2.05) is 24.1 Å². The number of halogens is 1. The van der Waals surface area contributed by atoms with Gasteiger partial charge in [0.05, 0.1) is 0 Å². The topological polar surface area (TPSA) is 78.9 Å². The van der Waals surface area contributed by atoms with Gasteiger partial charge in [-0.05, 0) is 35.9 Å². The van der Waals surface area contributed by atoms with Crippen molar-refractivity contribution in [1.29, 1.82) is 5.41 Å². The smallest absolute Gasteiger partial charge is 0.224 e. The Balaban J connectivity index is 2.39. The lowest BCUT2D eigenvalue weighted by molar-refractivity contribution is 1.08. The van der Waals surface area contributed by atoms with Crippen LogP contribution >= 0.6 is 11.6 Å². The number of nitrogens with two attached hydrogens (primary N) is 1. The molecule has 0 aliphatic carbocycles. The predicted octanol–water partition coefficient (Wildman–Crippen LogP) is 2.48. The first-order valence-electron chi connectivity index (χ1n) is 5.24. The highest BCUT2D eigenvalue weighted by atomic mass is 35.5. The highest BCUT2D eigenvalue weighted by Gasteiger charge is 2.07. The third-order valence-electron chi connectivity index (χ3n) is 2.57. The fraction of sp³-hybridized carbons (Fsp3) is 0.0833. The summed E-state index contributed by atoms with van der Waals surface area (Å²) in [7, 11) is 1.86. The molecule has 0 radical (unpaired) electrons. The molecule has 18 heavy (non-hydrogen) atoms. The summed E-state index contributed by atoms with van der Waals surface area (Å²) < 4.78 is 0. The molecule has 0 saturated carbocycles. The van der Waals surface area contributed by atoms with Crippen molar-refractivity contribution >= 4 is 35.0 Å². The van der Waals surface area contributed by atoms with Crippen LogP contribution in [0.3, 0.4) is 0 Å². The lowest BCUT2D eigenvalue weighted by atomic mass is 10.1. The summed E-state index contributed by atoms with van der Waals surface area (Å²) in [5.41, 5.74) is 7.86. The van der Waals surface area contributed by atoms with E-state index in [1.165, 1.54) is 6.21 Å². The molecule has 0 fully saturated rings. The summed E-state index contributed by atoms with van der Waals surface area (Å²) in [6.07, 6.45) is 2.82. The highest BCUT2D eigenvalue weighted by Crippen LogP contribution is 2.24. The normalized spacial score (nSPS) is 10.1. The fourth-order valence-electron chi connectivity index (χ4n) is 1.54. The maximum Gasteiger partial charge on any atom is 0.224 e. The van der Waals surface area contributed by atoms with Crippen LogP contribution in [0.2, 0.25) is 5.28 Å². The molecule has 1 aromatic heterocycles. The summed E-state index contributed by atoms with van der Waals surface area (Å²) in [6, 6.07) is 7.19. The Kier molecular flexibility index (Phi) is 3.43. The van der Waals surface area contributed by atoms with Crippen LogP contribution in [0.25, 0.3) is 0 Å². The molecule has 0 amide bonds. The van der Waals surface area contributed by atoms with Gasteiger partial charge in [0.1, 0.15) is 5.82 Å². The van der Waals surface area contributed by atoms with Gasteiger partial charge in [-0.25, -0.2) is 9.97 Å². The first-order chi connectivity index (χ1) is 8.61. The van der Waals surface area contributed by atoms with Gasteiger partial charge >= 0.3 is 0 Å². The molecule has 0 aliphatic rings. The molecule has 1 heterocycles. The summed E-state index contributed by atoms with van der Waals surface area (Å²) >= 11 is 5.76. The van der Waals surface area contributed by atoms with E-state index in [0.29, 0.717) is 17.1 Å². The van der Waals surface area contributed by atoms with Crippen LogP contribution in [0, 0.1) is 5.41 Å². The van der Waals surface area contributed by atoms with Crippen molar-refractivity contribution in [1.82, 2.24) is 9.97 Å². The van der Waals surface area contributed by atoms with Gasteiger partial charge in [0.15, 0.2) is 0 Å². The van der Waals surface area contributed by atoms with E-state index in [2.05, 4.69) is 9.97 Å². The maximum atomic E-state index is 7.29. The van der Waals surface area contributed by atoms with Gasteiger partial charge in [-0.15, -0.1) is 0 Å². The van der Waals surface area contributed by atoms with Crippen molar-refractivity contribution in [3.63, 3.8) is 0 Å². The summed E-state index contributed by atoms with van der Waals surface area (Å²) in [5.74, 6) is 0.677. The van der Waals surface area contributed by atoms with E-state index in [9.17, 15) is 0 Å². The second kappa shape index (κ2) is 5.01. The van der Waals surface area contributed by atoms with E-state index in [4.69, 9.17) is 22.7 Å². The number of anilines is 3. The minimum absolute atomic E-state index is 0.196. The molecule has 0 saturated heterocycles. The zero-order chi connectivity index (χ0) is 13.1. The average Bonchev–Trinajstić information content (AvgIpc) is 2.38. The van der Waals surface area contributed by atoms with Gasteiger partial charge in [-0.3, -0.25) is 0 Å². The second-order valence-electron chi connectivity index (χ2n) is 3.70. The van der Waals surface area contributed by atoms with Crippen molar-refractivity contribution in [2.45, 2.75) is 0 Å². The summed E-state index contributed by atoms with van der Waals surface area (Å²) in [4.78, 5) is 9.80. The third kappa shape index (κ3) is 2.41. The minimum Gasteiger partial charge on any atom is -0.398 e. The van der Waals surface area contributed by atoms with Gasteiger partial charge in [-0.1, -0.05) is 0 Å². The molecule has 2 aromatic rings. The number of nitrogens with one attached hydrogen (secondary N) is 1. The number of rotatable bonds is 3. The number of hydrogen-bond donors (Lipinski definition) is 2. The molecule has 6 heteroatoms. The fourth-order valence-corrected chi connectivity index (χ4v) is 1.68. The zero-order valence-electron chi connectivity index (χ0n) is 9.76.